The predicted molar refractivity (Wildman–Crippen MR) is 134 cm³/mol. The molecule has 3 heterocycles. The average molecular weight is 507 g/mol. The lowest BCUT2D eigenvalue weighted by Crippen LogP contribution is -2.30. The van der Waals surface area contributed by atoms with Gasteiger partial charge in [0.15, 0.2) is 5.82 Å². The highest BCUT2D eigenvalue weighted by Gasteiger charge is 2.65. The third-order valence-electron chi connectivity index (χ3n) is 7.36. The molecule has 3 aliphatic rings. The molecule has 1 aliphatic carbocycles. The van der Waals surface area contributed by atoms with Crippen molar-refractivity contribution in [3.8, 4) is 0 Å². The molecule has 5 rings (SSSR count). The number of aromatic nitrogens is 2. The van der Waals surface area contributed by atoms with E-state index in [0.717, 1.165) is 18.5 Å². The number of Topliss-reactive ketones (excluding diaryl/α,β-unsaturated/α-hetero) is 1. The van der Waals surface area contributed by atoms with Crippen LogP contribution in [0.25, 0.3) is 0 Å². The molecule has 2 aromatic rings. The Morgan fingerprint density at radius 3 is 2.73 bits per heavy atom. The first-order valence-electron chi connectivity index (χ1n) is 12.6. The summed E-state index contributed by atoms with van der Waals surface area (Å²) in [7, 11) is 0. The number of fused-ring (bicyclic) bond motifs is 1. The van der Waals surface area contributed by atoms with Crippen molar-refractivity contribution in [2.75, 3.05) is 11.9 Å². The van der Waals surface area contributed by atoms with Gasteiger partial charge in [-0.3, -0.25) is 14.6 Å². The van der Waals surface area contributed by atoms with Gasteiger partial charge in [0, 0.05) is 30.5 Å². The van der Waals surface area contributed by atoms with Gasteiger partial charge in [0.25, 0.3) is 5.91 Å². The number of carbonyl (C=O) groups excluding carboxylic acids is 3. The number of nitrogens with one attached hydrogen (secondary N) is 1. The Morgan fingerprint density at radius 2 is 1.97 bits per heavy atom. The number of aliphatic hydroxyl groups is 1. The smallest absolute Gasteiger partial charge is 0.306 e. The molecule has 5 atom stereocenters. The van der Waals surface area contributed by atoms with E-state index in [4.69, 9.17) is 14.5 Å². The molecule has 2 aliphatic heterocycles. The van der Waals surface area contributed by atoms with Gasteiger partial charge in [0.1, 0.15) is 30.0 Å². The molecule has 2 unspecified atom stereocenters. The summed E-state index contributed by atoms with van der Waals surface area (Å²) in [6.45, 7) is 1.19. The first kappa shape index (κ1) is 25.2. The number of hydrogen-bond donors (Lipinski definition) is 2. The van der Waals surface area contributed by atoms with E-state index in [-0.39, 0.29) is 43.0 Å². The largest absolute Gasteiger partial charge is 0.459 e. The van der Waals surface area contributed by atoms with E-state index in [1.54, 1.807) is 24.3 Å². The van der Waals surface area contributed by atoms with Crippen LogP contribution in [0.4, 0.5) is 11.5 Å². The van der Waals surface area contributed by atoms with Gasteiger partial charge in [-0.25, -0.2) is 9.97 Å². The number of rotatable bonds is 8. The van der Waals surface area contributed by atoms with Crippen molar-refractivity contribution >= 4 is 35.4 Å². The normalized spacial score (nSPS) is 27.8. The third kappa shape index (κ3) is 5.45. The van der Waals surface area contributed by atoms with Gasteiger partial charge in [0.2, 0.25) is 0 Å². The monoisotopic (exact) mass is 506 g/mol. The third-order valence-corrected chi connectivity index (χ3v) is 7.36. The van der Waals surface area contributed by atoms with Crippen molar-refractivity contribution in [3.63, 3.8) is 0 Å². The summed E-state index contributed by atoms with van der Waals surface area (Å²) in [5.41, 5.74) is 1.38. The van der Waals surface area contributed by atoms with E-state index in [2.05, 4.69) is 15.3 Å². The number of ether oxygens (including phenoxy) is 2. The number of aryl methyl sites for hydroxylation is 1. The van der Waals surface area contributed by atoms with Gasteiger partial charge < -0.3 is 24.7 Å². The number of amides is 1. The van der Waals surface area contributed by atoms with Gasteiger partial charge in [-0.05, 0) is 44.2 Å². The Kier molecular flexibility index (Phi) is 7.12. The number of hydrogen-bond acceptors (Lipinski definition) is 9. The SMILES string of the molecule is CC(=O)CCC(=O)O[C@H]1C[C@]2(CC2C2C=Nc3c(ncnc3NC(=O)c3ccccc3)CC2)O[C@@H]1CO. The minimum Gasteiger partial charge on any atom is -0.459 e. The Morgan fingerprint density at radius 1 is 1.16 bits per heavy atom. The molecule has 194 valence electrons. The highest BCUT2D eigenvalue weighted by atomic mass is 16.6. The topological polar surface area (TPSA) is 140 Å². The van der Waals surface area contributed by atoms with Crippen molar-refractivity contribution in [3.05, 3.63) is 47.9 Å². The number of benzene rings is 1. The molecule has 1 amide bonds. The van der Waals surface area contributed by atoms with E-state index < -0.39 is 23.8 Å². The standard InChI is InChI=1S/C27H30N4O6/c1-16(33)7-10-23(34)36-21-12-27(37-22(21)14-32)11-19(27)18-8-9-20-24(28-13-18)25(30-15-29-20)31-26(35)17-5-3-2-4-6-17/h2-6,13,15,18-19,21-22,32H,7-12,14H2,1H3,(H,29,30,31,35)/t18?,19?,21-,22+,27-/m0/s1. The zero-order chi connectivity index (χ0) is 26.0. The zero-order valence-electron chi connectivity index (χ0n) is 20.6. The van der Waals surface area contributed by atoms with Gasteiger partial charge in [-0.2, -0.15) is 0 Å². The van der Waals surface area contributed by atoms with Crippen molar-refractivity contribution < 1.29 is 29.0 Å². The summed E-state index contributed by atoms with van der Waals surface area (Å²) in [5.74, 6) is -0.160. The number of nitrogens with zero attached hydrogens (tertiary/aromatic N) is 3. The Bertz CT molecular complexity index is 1220. The number of aliphatic imine (C=N–C) groups is 1. The highest BCUT2D eigenvalue weighted by Crippen LogP contribution is 2.59. The summed E-state index contributed by atoms with van der Waals surface area (Å²) < 4.78 is 11.8. The molecule has 1 aromatic carbocycles. The first-order valence-corrected chi connectivity index (χ1v) is 12.6. The number of aliphatic hydroxyl groups excluding tert-OH is 1. The molecule has 0 bridgehead atoms. The highest BCUT2D eigenvalue weighted by molar-refractivity contribution is 6.05. The van der Waals surface area contributed by atoms with Gasteiger partial charge in [0.05, 0.1) is 24.3 Å². The van der Waals surface area contributed by atoms with Crippen LogP contribution in [-0.4, -0.2) is 63.4 Å². The van der Waals surface area contributed by atoms with Crippen LogP contribution in [0.15, 0.2) is 41.7 Å². The molecule has 2 N–H and O–H groups in total. The van der Waals surface area contributed by atoms with Crippen LogP contribution in [0.3, 0.4) is 0 Å². The van der Waals surface area contributed by atoms with E-state index in [1.165, 1.54) is 13.3 Å². The van der Waals surface area contributed by atoms with E-state index in [0.29, 0.717) is 29.9 Å². The summed E-state index contributed by atoms with van der Waals surface area (Å²) in [6, 6.07) is 8.91. The van der Waals surface area contributed by atoms with Crippen LogP contribution in [0.1, 0.15) is 55.1 Å². The molecule has 1 spiro atoms. The summed E-state index contributed by atoms with van der Waals surface area (Å²) in [4.78, 5) is 49.4. The summed E-state index contributed by atoms with van der Waals surface area (Å²) in [6.07, 6.45) is 5.10. The molecule has 10 nitrogen and oxygen atoms in total. The van der Waals surface area contributed by atoms with Gasteiger partial charge in [-0.15, -0.1) is 0 Å². The summed E-state index contributed by atoms with van der Waals surface area (Å²) in [5, 5.41) is 12.7. The number of ketones is 1. The molecule has 1 saturated heterocycles. The van der Waals surface area contributed by atoms with Gasteiger partial charge >= 0.3 is 5.97 Å². The Balaban J connectivity index is 1.25. The van der Waals surface area contributed by atoms with Crippen molar-refractivity contribution in [2.45, 2.75) is 63.3 Å². The lowest BCUT2D eigenvalue weighted by Gasteiger charge is -2.16. The number of esters is 1. The van der Waals surface area contributed by atoms with Crippen molar-refractivity contribution in [2.24, 2.45) is 16.8 Å². The Labute approximate surface area is 214 Å². The Hall–Kier alpha value is -3.50. The molecule has 1 saturated carbocycles. The maximum Gasteiger partial charge on any atom is 0.306 e. The van der Waals surface area contributed by atoms with Crippen molar-refractivity contribution in [1.29, 1.82) is 0 Å². The van der Waals surface area contributed by atoms with Crippen molar-refractivity contribution in [1.82, 2.24) is 9.97 Å². The number of anilines is 1. The minimum atomic E-state index is -0.586. The van der Waals surface area contributed by atoms with E-state index in [1.807, 2.05) is 12.3 Å². The number of carbonyl (C=O) groups is 3. The fourth-order valence-corrected chi connectivity index (χ4v) is 5.35. The van der Waals surface area contributed by atoms with E-state index >= 15 is 0 Å². The summed E-state index contributed by atoms with van der Waals surface area (Å²) >= 11 is 0. The average Bonchev–Trinajstić information content (AvgIpc) is 3.54. The predicted octanol–water partition coefficient (Wildman–Crippen LogP) is 2.81. The molecular formula is C27H30N4O6. The molecular weight excluding hydrogens is 476 g/mol. The van der Waals surface area contributed by atoms with Crippen LogP contribution in [0, 0.1) is 11.8 Å². The minimum absolute atomic E-state index is 0.0259. The fraction of sp³-hybridized carbons (Fsp3) is 0.481. The molecule has 1 aromatic heterocycles. The molecule has 0 radical (unpaired) electrons. The fourth-order valence-electron chi connectivity index (χ4n) is 5.35. The lowest BCUT2D eigenvalue weighted by molar-refractivity contribution is -0.153. The van der Waals surface area contributed by atoms with Crippen LogP contribution < -0.4 is 5.32 Å². The first-order chi connectivity index (χ1) is 17.9. The second kappa shape index (κ2) is 10.5. The zero-order valence-corrected chi connectivity index (χ0v) is 20.6. The van der Waals surface area contributed by atoms with Gasteiger partial charge in [-0.1, -0.05) is 18.2 Å². The van der Waals surface area contributed by atoms with Crippen LogP contribution in [0.2, 0.25) is 0 Å². The molecule has 2 fully saturated rings. The lowest BCUT2D eigenvalue weighted by atomic mass is 9.95. The van der Waals surface area contributed by atoms with Crippen LogP contribution >= 0.6 is 0 Å². The molecule has 37 heavy (non-hydrogen) atoms. The quantitative estimate of drug-likeness (QED) is 0.521. The maximum atomic E-state index is 12.7. The maximum absolute atomic E-state index is 12.7. The molecule has 10 heteroatoms. The second-order valence-electron chi connectivity index (χ2n) is 9.97. The van der Waals surface area contributed by atoms with Crippen LogP contribution in [0.5, 0.6) is 0 Å². The second-order valence-corrected chi connectivity index (χ2v) is 9.97. The van der Waals surface area contributed by atoms with E-state index in [9.17, 15) is 19.5 Å². The van der Waals surface area contributed by atoms with Crippen LogP contribution in [-0.2, 0) is 25.5 Å².